The molecule has 3 heterocycles. The lowest BCUT2D eigenvalue weighted by Crippen LogP contribution is -2.40. The van der Waals surface area contributed by atoms with Crippen LogP contribution in [0.25, 0.3) is 16.7 Å². The van der Waals surface area contributed by atoms with E-state index in [1.165, 1.54) is 4.57 Å². The van der Waals surface area contributed by atoms with Crippen molar-refractivity contribution in [3.8, 4) is 0 Å². The van der Waals surface area contributed by atoms with Gasteiger partial charge in [-0.15, -0.1) is 5.10 Å². The highest BCUT2D eigenvalue weighted by atomic mass is 16.2. The smallest absolute Gasteiger partial charge is 0.333 e. The zero-order chi connectivity index (χ0) is 19.8. The third kappa shape index (κ3) is 3.05. The summed E-state index contributed by atoms with van der Waals surface area (Å²) in [6.45, 7) is 3.41. The molecule has 28 heavy (non-hydrogen) atoms. The van der Waals surface area contributed by atoms with Gasteiger partial charge in [-0.1, -0.05) is 37.3 Å². The largest absolute Gasteiger partial charge is 0.340 e. The van der Waals surface area contributed by atoms with Gasteiger partial charge < -0.3 is 9.88 Å². The van der Waals surface area contributed by atoms with E-state index in [4.69, 9.17) is 0 Å². The summed E-state index contributed by atoms with van der Waals surface area (Å²) < 4.78 is 4.58. The maximum absolute atomic E-state index is 13.1. The van der Waals surface area contributed by atoms with Crippen LogP contribution in [0.3, 0.4) is 0 Å². The molecule has 4 aromatic rings. The fraction of sp³-hybridized carbons (Fsp3) is 0.350. The molecule has 0 atom stereocenters. The number of nitrogens with one attached hydrogen (secondary N) is 1. The molecule has 146 valence electrons. The minimum absolute atomic E-state index is 0.292. The summed E-state index contributed by atoms with van der Waals surface area (Å²) in [5.41, 5.74) is 2.36. The summed E-state index contributed by atoms with van der Waals surface area (Å²) in [5, 5.41) is 5.03. The summed E-state index contributed by atoms with van der Waals surface area (Å²) in [6.07, 6.45) is 2.57. The van der Waals surface area contributed by atoms with Gasteiger partial charge in [0.1, 0.15) is 11.0 Å². The van der Waals surface area contributed by atoms with E-state index in [9.17, 15) is 9.59 Å². The minimum atomic E-state index is -0.322. The quantitative estimate of drug-likeness (QED) is 0.552. The lowest BCUT2D eigenvalue weighted by Gasteiger charge is -2.11. The molecule has 8 heteroatoms. The van der Waals surface area contributed by atoms with Gasteiger partial charge in [-0.05, 0) is 26.1 Å². The number of aromatic amines is 1. The number of aromatic nitrogens is 5. The molecule has 0 fully saturated rings. The van der Waals surface area contributed by atoms with E-state index in [0.717, 1.165) is 11.3 Å². The molecule has 0 radical (unpaired) electrons. The van der Waals surface area contributed by atoms with E-state index >= 15 is 0 Å². The second kappa shape index (κ2) is 7.12. The zero-order valence-electron chi connectivity index (χ0n) is 16.3. The van der Waals surface area contributed by atoms with Crippen molar-refractivity contribution < 1.29 is 0 Å². The molecule has 4 rings (SSSR count). The lowest BCUT2D eigenvalue weighted by molar-refractivity contribution is 0.397. The van der Waals surface area contributed by atoms with Crippen molar-refractivity contribution in [2.45, 2.75) is 33.0 Å². The Balaban J connectivity index is 1.99. The number of hydrogen-bond acceptors (Lipinski definition) is 4. The topological polar surface area (TPSA) is 80.3 Å². The van der Waals surface area contributed by atoms with E-state index in [-0.39, 0.29) is 11.2 Å². The lowest BCUT2D eigenvalue weighted by atomic mass is 10.2. The Morgan fingerprint density at radius 3 is 2.54 bits per heavy atom. The number of hydrogen-bond donors (Lipinski definition) is 1. The highest BCUT2D eigenvalue weighted by molar-refractivity contribution is 5.89. The summed E-state index contributed by atoms with van der Waals surface area (Å²) in [6, 6.07) is 9.73. The summed E-state index contributed by atoms with van der Waals surface area (Å²) in [7, 11) is 3.96. The molecular weight excluding hydrogens is 356 g/mol. The number of imidazole rings is 1. The molecule has 0 saturated carbocycles. The van der Waals surface area contributed by atoms with E-state index in [2.05, 4.69) is 10.1 Å². The Bertz CT molecular complexity index is 1240. The van der Waals surface area contributed by atoms with Crippen molar-refractivity contribution in [3.63, 3.8) is 0 Å². The van der Waals surface area contributed by atoms with Crippen molar-refractivity contribution in [1.82, 2.24) is 28.6 Å². The van der Waals surface area contributed by atoms with Crippen molar-refractivity contribution in [3.05, 3.63) is 68.6 Å². The fourth-order valence-electron chi connectivity index (χ4n) is 3.56. The van der Waals surface area contributed by atoms with Crippen LogP contribution in [-0.2, 0) is 19.6 Å². The Morgan fingerprint density at radius 2 is 1.86 bits per heavy atom. The SMILES string of the molecule is CCCn1c(=O)c2c(nn3cc(CN(C)C)[nH]c23)n(Cc2ccccc2)c1=O. The van der Waals surface area contributed by atoms with Gasteiger partial charge in [0.15, 0.2) is 5.65 Å². The predicted molar refractivity (Wildman–Crippen MR) is 109 cm³/mol. The summed E-state index contributed by atoms with van der Waals surface area (Å²) in [4.78, 5) is 31.5. The van der Waals surface area contributed by atoms with E-state index in [0.29, 0.717) is 42.7 Å². The van der Waals surface area contributed by atoms with Crippen LogP contribution in [0.4, 0.5) is 0 Å². The summed E-state index contributed by atoms with van der Waals surface area (Å²) >= 11 is 0. The van der Waals surface area contributed by atoms with Crippen molar-refractivity contribution in [2.24, 2.45) is 0 Å². The molecule has 0 unspecified atom stereocenters. The molecule has 0 saturated heterocycles. The third-order valence-corrected chi connectivity index (χ3v) is 4.74. The predicted octanol–water partition coefficient (Wildman–Crippen LogP) is 1.66. The monoisotopic (exact) mass is 380 g/mol. The first-order valence-electron chi connectivity index (χ1n) is 9.41. The zero-order valence-corrected chi connectivity index (χ0v) is 16.3. The van der Waals surface area contributed by atoms with Crippen molar-refractivity contribution in [1.29, 1.82) is 0 Å². The average Bonchev–Trinajstić information content (AvgIpc) is 3.19. The Hall–Kier alpha value is -3.13. The van der Waals surface area contributed by atoms with Crippen molar-refractivity contribution in [2.75, 3.05) is 14.1 Å². The van der Waals surface area contributed by atoms with Crippen LogP contribution in [0.5, 0.6) is 0 Å². The van der Waals surface area contributed by atoms with Crippen LogP contribution in [0.1, 0.15) is 24.6 Å². The van der Waals surface area contributed by atoms with Gasteiger partial charge in [-0.25, -0.2) is 9.31 Å². The number of rotatable bonds is 6. The molecule has 1 N–H and O–H groups in total. The molecule has 0 spiro atoms. The second-order valence-electron chi connectivity index (χ2n) is 7.32. The maximum Gasteiger partial charge on any atom is 0.333 e. The van der Waals surface area contributed by atoms with Crippen molar-refractivity contribution >= 4 is 16.7 Å². The Morgan fingerprint density at radius 1 is 1.11 bits per heavy atom. The van der Waals surface area contributed by atoms with Crippen LogP contribution < -0.4 is 11.2 Å². The van der Waals surface area contributed by atoms with Crippen LogP contribution in [0, 0.1) is 0 Å². The Kier molecular flexibility index (Phi) is 4.64. The standard InChI is InChI=1S/C20H24N6O2/c1-4-10-24-19(27)16-17-21-15(12-23(2)3)13-26(17)22-18(16)25(20(24)28)11-14-8-6-5-7-9-14/h5-9,13,21H,4,10-12H2,1-3H3. The fourth-order valence-corrected chi connectivity index (χ4v) is 3.56. The van der Waals surface area contributed by atoms with Gasteiger partial charge in [0.25, 0.3) is 5.56 Å². The van der Waals surface area contributed by atoms with E-state index < -0.39 is 0 Å². The first-order chi connectivity index (χ1) is 13.5. The van der Waals surface area contributed by atoms with Crippen LogP contribution in [-0.4, -0.2) is 42.7 Å². The minimum Gasteiger partial charge on any atom is -0.340 e. The second-order valence-corrected chi connectivity index (χ2v) is 7.32. The molecule has 0 aliphatic rings. The normalized spacial score (nSPS) is 11.9. The first kappa shape index (κ1) is 18.2. The molecule has 0 bridgehead atoms. The number of nitrogens with zero attached hydrogens (tertiary/aromatic N) is 5. The highest BCUT2D eigenvalue weighted by Gasteiger charge is 2.20. The van der Waals surface area contributed by atoms with Gasteiger partial charge in [0, 0.05) is 18.8 Å². The summed E-state index contributed by atoms with van der Waals surface area (Å²) in [5.74, 6) is 0. The van der Waals surface area contributed by atoms with Crippen LogP contribution in [0.15, 0.2) is 46.1 Å². The molecule has 0 aliphatic carbocycles. The molecule has 8 nitrogen and oxygen atoms in total. The maximum atomic E-state index is 13.1. The highest BCUT2D eigenvalue weighted by Crippen LogP contribution is 2.16. The molecule has 0 aliphatic heterocycles. The van der Waals surface area contributed by atoms with Crippen LogP contribution in [0.2, 0.25) is 0 Å². The number of benzene rings is 1. The molecular formula is C20H24N6O2. The Labute approximate surface area is 161 Å². The molecule has 0 amide bonds. The third-order valence-electron chi connectivity index (χ3n) is 4.74. The van der Waals surface area contributed by atoms with Gasteiger partial charge in [0.05, 0.1) is 12.7 Å². The van der Waals surface area contributed by atoms with E-state index in [1.807, 2.05) is 62.4 Å². The van der Waals surface area contributed by atoms with E-state index in [1.54, 1.807) is 9.08 Å². The van der Waals surface area contributed by atoms with Gasteiger partial charge in [-0.2, -0.15) is 0 Å². The van der Waals surface area contributed by atoms with Crippen LogP contribution >= 0.6 is 0 Å². The number of H-pyrrole nitrogens is 1. The molecule has 3 aromatic heterocycles. The average molecular weight is 380 g/mol. The van der Waals surface area contributed by atoms with Gasteiger partial charge in [-0.3, -0.25) is 13.9 Å². The van der Waals surface area contributed by atoms with Gasteiger partial charge in [0.2, 0.25) is 0 Å². The van der Waals surface area contributed by atoms with Gasteiger partial charge >= 0.3 is 5.69 Å². The first-order valence-corrected chi connectivity index (χ1v) is 9.41. The molecule has 1 aromatic carbocycles. The number of fused-ring (bicyclic) bond motifs is 3.